The highest BCUT2D eigenvalue weighted by atomic mass is 16.2. The Bertz CT molecular complexity index is 457. The van der Waals surface area contributed by atoms with Crippen molar-refractivity contribution in [2.24, 2.45) is 0 Å². The third-order valence-electron chi connectivity index (χ3n) is 2.46. The summed E-state index contributed by atoms with van der Waals surface area (Å²) in [5, 5.41) is 5.47. The molecule has 110 valence electrons. The first-order valence-electron chi connectivity index (χ1n) is 6.57. The smallest absolute Gasteiger partial charge is 0.239 e. The quantitative estimate of drug-likeness (QED) is 0.806. The molecule has 6 heteroatoms. The molecule has 0 spiro atoms. The molecule has 1 rings (SSSR count). The molecule has 0 bridgehead atoms. The molecule has 0 aliphatic rings. The molecule has 0 unspecified atom stereocenters. The maximum atomic E-state index is 11.8. The van der Waals surface area contributed by atoms with Gasteiger partial charge < -0.3 is 10.6 Å². The summed E-state index contributed by atoms with van der Waals surface area (Å²) in [6, 6.07) is 3.72. The number of rotatable bonds is 6. The van der Waals surface area contributed by atoms with E-state index < -0.39 is 0 Å². The number of anilines is 1. The molecule has 1 heterocycles. The van der Waals surface area contributed by atoms with Crippen molar-refractivity contribution in [1.29, 1.82) is 0 Å². The second-order valence-corrected chi connectivity index (χ2v) is 5.16. The van der Waals surface area contributed by atoms with Crippen LogP contribution in [-0.2, 0) is 9.59 Å². The third-order valence-corrected chi connectivity index (χ3v) is 2.46. The Morgan fingerprint density at radius 3 is 2.45 bits per heavy atom. The Morgan fingerprint density at radius 1 is 1.25 bits per heavy atom. The van der Waals surface area contributed by atoms with Crippen LogP contribution < -0.4 is 10.6 Å². The molecule has 0 atom stereocenters. The van der Waals surface area contributed by atoms with E-state index in [1.54, 1.807) is 24.2 Å². The van der Waals surface area contributed by atoms with Gasteiger partial charge in [0.15, 0.2) is 0 Å². The molecule has 0 radical (unpaired) electrons. The normalized spacial score (nSPS) is 10.7. The number of nitrogens with zero attached hydrogens (tertiary/aromatic N) is 2. The van der Waals surface area contributed by atoms with Crippen LogP contribution in [0.3, 0.4) is 0 Å². The molecule has 2 amide bonds. The zero-order valence-corrected chi connectivity index (χ0v) is 12.4. The van der Waals surface area contributed by atoms with E-state index in [1.807, 2.05) is 26.8 Å². The molecule has 6 nitrogen and oxygen atoms in total. The van der Waals surface area contributed by atoms with Crippen LogP contribution in [0.2, 0.25) is 0 Å². The Balaban J connectivity index is 2.38. The van der Waals surface area contributed by atoms with Crippen LogP contribution in [0.25, 0.3) is 0 Å². The Hall–Kier alpha value is -1.95. The van der Waals surface area contributed by atoms with Gasteiger partial charge in [0.2, 0.25) is 11.8 Å². The predicted molar refractivity (Wildman–Crippen MR) is 78.4 cm³/mol. The number of aryl methyl sites for hydroxylation is 1. The molecule has 2 N–H and O–H groups in total. The third kappa shape index (κ3) is 6.29. The monoisotopic (exact) mass is 278 g/mol. The van der Waals surface area contributed by atoms with E-state index in [2.05, 4.69) is 15.6 Å². The van der Waals surface area contributed by atoms with Crippen molar-refractivity contribution in [3.05, 3.63) is 23.9 Å². The summed E-state index contributed by atoms with van der Waals surface area (Å²) >= 11 is 0. The van der Waals surface area contributed by atoms with Gasteiger partial charge in [-0.3, -0.25) is 14.5 Å². The zero-order valence-electron chi connectivity index (χ0n) is 12.4. The van der Waals surface area contributed by atoms with E-state index in [1.165, 1.54) is 0 Å². The molecular weight excluding hydrogens is 256 g/mol. The van der Waals surface area contributed by atoms with E-state index in [9.17, 15) is 9.59 Å². The van der Waals surface area contributed by atoms with Crippen LogP contribution >= 0.6 is 0 Å². The lowest BCUT2D eigenvalue weighted by Crippen LogP contribution is -2.41. The molecule has 1 aromatic heterocycles. The molecule has 0 fully saturated rings. The SMILES string of the molecule is Cc1ccc(NC(=O)CN(C)CC(=O)NC(C)C)nc1. The number of pyridine rings is 1. The minimum absolute atomic E-state index is 0.0937. The number of amides is 2. The highest BCUT2D eigenvalue weighted by Gasteiger charge is 2.11. The molecule has 20 heavy (non-hydrogen) atoms. The summed E-state index contributed by atoms with van der Waals surface area (Å²) in [4.78, 5) is 29.1. The van der Waals surface area contributed by atoms with Gasteiger partial charge in [-0.05, 0) is 39.4 Å². The van der Waals surface area contributed by atoms with Gasteiger partial charge in [0.25, 0.3) is 0 Å². The van der Waals surface area contributed by atoms with Crippen molar-refractivity contribution in [2.45, 2.75) is 26.8 Å². The number of aromatic nitrogens is 1. The van der Waals surface area contributed by atoms with E-state index in [-0.39, 0.29) is 30.9 Å². The molecule has 0 aliphatic heterocycles. The van der Waals surface area contributed by atoms with Crippen LogP contribution in [0.5, 0.6) is 0 Å². The van der Waals surface area contributed by atoms with E-state index in [0.29, 0.717) is 5.82 Å². The van der Waals surface area contributed by atoms with Gasteiger partial charge in [0, 0.05) is 12.2 Å². The molecular formula is C14H22N4O2. The molecule has 0 saturated heterocycles. The lowest BCUT2D eigenvalue weighted by Gasteiger charge is -2.16. The van der Waals surface area contributed by atoms with Gasteiger partial charge in [-0.25, -0.2) is 4.98 Å². The lowest BCUT2D eigenvalue weighted by atomic mass is 10.3. The second-order valence-electron chi connectivity index (χ2n) is 5.16. The van der Waals surface area contributed by atoms with Crippen molar-refractivity contribution in [1.82, 2.24) is 15.2 Å². The standard InChI is InChI=1S/C14H22N4O2/c1-10(2)16-13(19)8-18(4)9-14(20)17-12-6-5-11(3)7-15-12/h5-7,10H,8-9H2,1-4H3,(H,16,19)(H,15,17,20). The van der Waals surface area contributed by atoms with Crippen LogP contribution in [-0.4, -0.2) is 47.9 Å². The summed E-state index contributed by atoms with van der Waals surface area (Å²) in [5.74, 6) is 0.227. The van der Waals surface area contributed by atoms with Crippen LogP contribution in [0.1, 0.15) is 19.4 Å². The Morgan fingerprint density at radius 2 is 1.90 bits per heavy atom. The Kier molecular flexibility index (Phi) is 6.11. The topological polar surface area (TPSA) is 74.3 Å². The van der Waals surface area contributed by atoms with Gasteiger partial charge in [-0.15, -0.1) is 0 Å². The number of carbonyl (C=O) groups is 2. The first kappa shape index (κ1) is 16.1. The molecule has 0 aromatic carbocycles. The van der Waals surface area contributed by atoms with Gasteiger partial charge in [0.05, 0.1) is 13.1 Å². The molecule has 0 aliphatic carbocycles. The maximum absolute atomic E-state index is 11.8. The van der Waals surface area contributed by atoms with E-state index in [4.69, 9.17) is 0 Å². The van der Waals surface area contributed by atoms with Crippen molar-refractivity contribution in [2.75, 3.05) is 25.5 Å². The fourth-order valence-corrected chi connectivity index (χ4v) is 1.64. The summed E-state index contributed by atoms with van der Waals surface area (Å²) in [5.41, 5.74) is 1.03. The van der Waals surface area contributed by atoms with Crippen LogP contribution in [0.4, 0.5) is 5.82 Å². The fraction of sp³-hybridized carbons (Fsp3) is 0.500. The summed E-state index contributed by atoms with van der Waals surface area (Å²) < 4.78 is 0. The number of hydrogen-bond donors (Lipinski definition) is 2. The first-order chi connectivity index (χ1) is 9.36. The highest BCUT2D eigenvalue weighted by molar-refractivity contribution is 5.91. The van der Waals surface area contributed by atoms with E-state index >= 15 is 0 Å². The maximum Gasteiger partial charge on any atom is 0.239 e. The summed E-state index contributed by atoms with van der Waals surface area (Å²) in [7, 11) is 1.72. The Labute approximate surface area is 119 Å². The van der Waals surface area contributed by atoms with E-state index in [0.717, 1.165) is 5.56 Å². The van der Waals surface area contributed by atoms with Gasteiger partial charge in [0.1, 0.15) is 5.82 Å². The summed E-state index contributed by atoms with van der Waals surface area (Å²) in [6.07, 6.45) is 1.69. The largest absolute Gasteiger partial charge is 0.353 e. The van der Waals surface area contributed by atoms with Gasteiger partial charge >= 0.3 is 0 Å². The number of likely N-dealkylation sites (N-methyl/N-ethyl adjacent to an activating group) is 1. The van der Waals surface area contributed by atoms with Crippen molar-refractivity contribution >= 4 is 17.6 Å². The molecule has 0 saturated carbocycles. The fourth-order valence-electron chi connectivity index (χ4n) is 1.64. The average molecular weight is 278 g/mol. The second kappa shape index (κ2) is 7.59. The highest BCUT2D eigenvalue weighted by Crippen LogP contribution is 2.03. The van der Waals surface area contributed by atoms with Crippen molar-refractivity contribution in [3.8, 4) is 0 Å². The van der Waals surface area contributed by atoms with Gasteiger partial charge in [-0.1, -0.05) is 6.07 Å². The van der Waals surface area contributed by atoms with Gasteiger partial charge in [-0.2, -0.15) is 0 Å². The minimum atomic E-state index is -0.193. The zero-order chi connectivity index (χ0) is 15.1. The molecule has 1 aromatic rings. The first-order valence-corrected chi connectivity index (χ1v) is 6.57. The number of hydrogen-bond acceptors (Lipinski definition) is 4. The average Bonchev–Trinajstić information content (AvgIpc) is 2.30. The summed E-state index contributed by atoms with van der Waals surface area (Å²) in [6.45, 7) is 6.05. The van der Waals surface area contributed by atoms with Crippen LogP contribution in [0.15, 0.2) is 18.3 Å². The number of nitrogens with one attached hydrogen (secondary N) is 2. The lowest BCUT2D eigenvalue weighted by molar-refractivity contribution is -0.123. The predicted octanol–water partition coefficient (Wildman–Crippen LogP) is 0.785. The number of carbonyl (C=O) groups excluding carboxylic acids is 2. The van der Waals surface area contributed by atoms with Crippen molar-refractivity contribution in [3.63, 3.8) is 0 Å². The minimum Gasteiger partial charge on any atom is -0.353 e. The van der Waals surface area contributed by atoms with Crippen LogP contribution in [0, 0.1) is 6.92 Å². The van der Waals surface area contributed by atoms with Crippen molar-refractivity contribution < 1.29 is 9.59 Å².